The zero-order chi connectivity index (χ0) is 8.39. The molecule has 0 radical (unpaired) electrons. The van der Waals surface area contributed by atoms with Crippen molar-refractivity contribution >= 4 is 17.2 Å². The van der Waals surface area contributed by atoms with Crippen LogP contribution in [0.2, 0.25) is 0 Å². The lowest BCUT2D eigenvalue weighted by Crippen LogP contribution is -1.86. The van der Waals surface area contributed by atoms with E-state index in [9.17, 15) is 4.79 Å². The van der Waals surface area contributed by atoms with Crippen molar-refractivity contribution in [1.82, 2.24) is 9.97 Å². The number of hydrogen-bond donors (Lipinski definition) is 0. The smallest absolute Gasteiger partial charge is 0.296 e. The highest BCUT2D eigenvalue weighted by atomic mass is 16.1. The number of nitrogens with zero attached hydrogens (tertiary/aromatic N) is 2. The Kier molecular flexibility index (Phi) is 1.55. The number of rotatable bonds is 1. The van der Waals surface area contributed by atoms with Gasteiger partial charge in [-0.1, -0.05) is 0 Å². The number of fused-ring (bicyclic) bond motifs is 1. The van der Waals surface area contributed by atoms with E-state index < -0.39 is 0 Å². The quantitative estimate of drug-likeness (QED) is 0.593. The van der Waals surface area contributed by atoms with Crippen molar-refractivity contribution in [3.8, 4) is 0 Å². The van der Waals surface area contributed by atoms with E-state index in [0.29, 0.717) is 5.69 Å². The van der Waals surface area contributed by atoms with E-state index in [4.69, 9.17) is 0 Å². The van der Waals surface area contributed by atoms with Crippen molar-refractivity contribution in [2.24, 2.45) is 0 Å². The third-order valence-corrected chi connectivity index (χ3v) is 1.63. The van der Waals surface area contributed by atoms with E-state index in [-0.39, 0.29) is 1.43 Å². The molecule has 58 valence electrons. The first-order chi connectivity index (χ1) is 5.90. The second-order valence-electron chi connectivity index (χ2n) is 2.42. The molecule has 3 heteroatoms. The van der Waals surface area contributed by atoms with Crippen molar-refractivity contribution in [2.75, 3.05) is 0 Å². The van der Waals surface area contributed by atoms with E-state index >= 15 is 0 Å². The molecule has 2 rings (SSSR count). The van der Waals surface area contributed by atoms with Gasteiger partial charge in [0.15, 0.2) is 6.29 Å². The van der Waals surface area contributed by atoms with Crippen LogP contribution in [-0.2, 0) is 0 Å². The van der Waals surface area contributed by atoms with Crippen LogP contribution in [0.1, 0.15) is 11.9 Å². The van der Waals surface area contributed by atoms with Crippen LogP contribution in [0.4, 0.5) is 0 Å². The van der Waals surface area contributed by atoms with E-state index in [2.05, 4.69) is 9.97 Å². The molecule has 0 saturated heterocycles. The summed E-state index contributed by atoms with van der Waals surface area (Å²) in [5.74, 6) is 0. The average Bonchev–Trinajstić information content (AvgIpc) is 2.17. The summed E-state index contributed by atoms with van der Waals surface area (Å²) in [6.45, 7) is 0. The fourth-order valence-electron chi connectivity index (χ4n) is 1.05. The van der Waals surface area contributed by atoms with Crippen LogP contribution >= 0.6 is 0 Å². The molecule has 0 aliphatic carbocycles. The highest BCUT2D eigenvalue weighted by molar-refractivity contribution is 5.82. The van der Waals surface area contributed by atoms with Gasteiger partial charge in [0.05, 0.1) is 5.52 Å². The lowest BCUT2D eigenvalue weighted by atomic mass is 10.2. The van der Waals surface area contributed by atoms with Crippen LogP contribution in [0.15, 0.2) is 30.6 Å². The average molecular weight is 159 g/mol. The Morgan fingerprint density at radius 1 is 1.33 bits per heavy atom. The summed E-state index contributed by atoms with van der Waals surface area (Å²) in [6.07, 6.45) is 4.11. The van der Waals surface area contributed by atoms with Gasteiger partial charge < -0.3 is 0 Å². The fraction of sp³-hybridized carbons (Fsp3) is 0. The first-order valence-corrected chi connectivity index (χ1v) is 3.56. The van der Waals surface area contributed by atoms with Gasteiger partial charge in [0.1, 0.15) is 5.69 Å². The van der Waals surface area contributed by atoms with Gasteiger partial charge in [0.25, 0.3) is 0 Å². The molecule has 0 saturated carbocycles. The van der Waals surface area contributed by atoms with Crippen LogP contribution in [0.3, 0.4) is 0 Å². The maximum Gasteiger partial charge on any atom is 1.00 e. The van der Waals surface area contributed by atoms with Gasteiger partial charge in [0, 0.05) is 17.8 Å². The van der Waals surface area contributed by atoms with Gasteiger partial charge in [-0.25, -0.2) is 4.98 Å². The second kappa shape index (κ2) is 2.70. The van der Waals surface area contributed by atoms with E-state index in [1.807, 2.05) is 6.07 Å². The van der Waals surface area contributed by atoms with Crippen molar-refractivity contribution in [3.05, 3.63) is 36.3 Å². The molecule has 2 aromatic rings. The molecular weight excluding hydrogens is 152 g/mol. The minimum atomic E-state index is 0. The fourth-order valence-corrected chi connectivity index (χ4v) is 1.05. The summed E-state index contributed by atoms with van der Waals surface area (Å²) in [5.41, 5.74) is 1.25. The summed E-state index contributed by atoms with van der Waals surface area (Å²) >= 11 is 0. The van der Waals surface area contributed by atoms with Gasteiger partial charge in [-0.2, -0.15) is 0 Å². The summed E-state index contributed by atoms with van der Waals surface area (Å²) < 4.78 is 0. The monoisotopic (exact) mass is 159 g/mol. The van der Waals surface area contributed by atoms with Gasteiger partial charge in [0.2, 0.25) is 0 Å². The van der Waals surface area contributed by atoms with Crippen LogP contribution in [0.25, 0.3) is 10.9 Å². The van der Waals surface area contributed by atoms with Crippen LogP contribution in [0, 0.1) is 0 Å². The van der Waals surface area contributed by atoms with Crippen molar-refractivity contribution in [2.45, 2.75) is 0 Å². The number of pyridine rings is 2. The predicted molar refractivity (Wildman–Crippen MR) is 46.0 cm³/mol. The SMILES string of the molecule is O=Cc1ccc2cnccc2n1.[H+]. The molecule has 2 aromatic heterocycles. The first kappa shape index (κ1) is 6.91. The molecule has 0 N–H and O–H groups in total. The Bertz CT molecular complexity index is 431. The third kappa shape index (κ3) is 1.05. The van der Waals surface area contributed by atoms with E-state index in [1.54, 1.807) is 24.5 Å². The molecule has 0 aromatic carbocycles. The number of aldehydes is 1. The molecule has 0 fully saturated rings. The summed E-state index contributed by atoms with van der Waals surface area (Å²) in [6, 6.07) is 5.29. The second-order valence-corrected chi connectivity index (χ2v) is 2.42. The molecule has 12 heavy (non-hydrogen) atoms. The van der Waals surface area contributed by atoms with E-state index in [0.717, 1.165) is 17.2 Å². The number of carbonyl (C=O) groups is 1. The largest absolute Gasteiger partial charge is 1.00 e. The molecule has 0 unspecified atom stereocenters. The van der Waals surface area contributed by atoms with Gasteiger partial charge >= 0.3 is 1.43 Å². The normalized spacial score (nSPS) is 10.0. The molecule has 0 aliphatic rings. The maximum absolute atomic E-state index is 10.4. The zero-order valence-electron chi connectivity index (χ0n) is 7.27. The summed E-state index contributed by atoms with van der Waals surface area (Å²) in [4.78, 5) is 18.4. The topological polar surface area (TPSA) is 42.9 Å². The predicted octanol–water partition coefficient (Wildman–Crippen LogP) is 1.55. The molecular formula is C9H7N2O+. The highest BCUT2D eigenvalue weighted by Crippen LogP contribution is 2.08. The zero-order valence-corrected chi connectivity index (χ0v) is 6.27. The standard InChI is InChI=1S/C9H6N2O/c12-6-8-2-1-7-5-10-4-3-9(7)11-8/h1-6H/p+1. The number of hydrogen-bond acceptors (Lipinski definition) is 3. The Hall–Kier alpha value is -1.77. The molecule has 0 atom stereocenters. The van der Waals surface area contributed by atoms with Crippen molar-refractivity contribution in [3.63, 3.8) is 0 Å². The maximum atomic E-state index is 10.4. The first-order valence-electron chi connectivity index (χ1n) is 3.56. The minimum absolute atomic E-state index is 0. The van der Waals surface area contributed by atoms with Gasteiger partial charge in [-0.05, 0) is 18.2 Å². The van der Waals surface area contributed by atoms with Crippen LogP contribution in [-0.4, -0.2) is 16.3 Å². The summed E-state index contributed by atoms with van der Waals surface area (Å²) in [7, 11) is 0. The summed E-state index contributed by atoms with van der Waals surface area (Å²) in [5, 5.41) is 0.947. The van der Waals surface area contributed by atoms with Gasteiger partial charge in [-0.15, -0.1) is 0 Å². The molecule has 0 spiro atoms. The lowest BCUT2D eigenvalue weighted by Gasteiger charge is -1.94. The van der Waals surface area contributed by atoms with Crippen LogP contribution in [0.5, 0.6) is 0 Å². The Balaban J connectivity index is 0.000000845. The third-order valence-electron chi connectivity index (χ3n) is 1.63. The number of carbonyl (C=O) groups excluding carboxylic acids is 1. The highest BCUT2D eigenvalue weighted by Gasteiger charge is 1.94. The van der Waals surface area contributed by atoms with E-state index in [1.165, 1.54) is 0 Å². The molecule has 3 nitrogen and oxygen atoms in total. The van der Waals surface area contributed by atoms with Crippen molar-refractivity contribution in [1.29, 1.82) is 0 Å². The Morgan fingerprint density at radius 3 is 3.08 bits per heavy atom. The minimum Gasteiger partial charge on any atom is -0.296 e. The lowest BCUT2D eigenvalue weighted by molar-refractivity contribution is 0.111. The molecule has 0 aliphatic heterocycles. The van der Waals surface area contributed by atoms with Crippen molar-refractivity contribution < 1.29 is 6.22 Å². The van der Waals surface area contributed by atoms with Crippen LogP contribution < -0.4 is 0 Å². The Morgan fingerprint density at radius 2 is 2.25 bits per heavy atom. The van der Waals surface area contributed by atoms with Gasteiger partial charge in [-0.3, -0.25) is 9.78 Å². The molecule has 2 heterocycles. The molecule has 0 amide bonds. The number of aromatic nitrogens is 2. The Labute approximate surface area is 70.6 Å². The molecule has 0 bridgehead atoms.